The van der Waals surface area contributed by atoms with Crippen molar-refractivity contribution in [1.82, 2.24) is 5.43 Å². The number of nitro benzene ring substituents is 1. The minimum atomic E-state index is -0.690. The van der Waals surface area contributed by atoms with Gasteiger partial charge in [-0.25, -0.2) is 10.2 Å². The second kappa shape index (κ2) is 14.0. The van der Waals surface area contributed by atoms with E-state index >= 15 is 0 Å². The van der Waals surface area contributed by atoms with Crippen molar-refractivity contribution in [3.63, 3.8) is 0 Å². The number of benzene rings is 4. The summed E-state index contributed by atoms with van der Waals surface area (Å²) in [6.45, 7) is 0. The molecule has 0 atom stereocenters. The maximum atomic E-state index is 12.7. The highest BCUT2D eigenvalue weighted by Crippen LogP contribution is 2.23. The monoisotopic (exact) mass is 646 g/mol. The van der Waals surface area contributed by atoms with Crippen molar-refractivity contribution in [3.05, 3.63) is 139 Å². The molecule has 0 fully saturated rings. The lowest BCUT2D eigenvalue weighted by molar-refractivity contribution is -0.384. The van der Waals surface area contributed by atoms with E-state index < -0.39 is 22.7 Å². The molecule has 0 spiro atoms. The first-order valence-electron chi connectivity index (χ1n) is 12.1. The van der Waals surface area contributed by atoms with Gasteiger partial charge in [-0.05, 0) is 72.3 Å². The zero-order valence-electron chi connectivity index (χ0n) is 21.5. The van der Waals surface area contributed by atoms with Crippen LogP contribution in [0.15, 0.2) is 107 Å². The molecule has 0 heterocycles. The summed E-state index contributed by atoms with van der Waals surface area (Å²) < 4.78 is 6.09. The normalized spacial score (nSPS) is 10.9. The largest absolute Gasteiger partial charge is 0.423 e. The third-order valence-corrected chi connectivity index (χ3v) is 6.39. The highest BCUT2D eigenvalue weighted by atomic mass is 79.9. The van der Waals surface area contributed by atoms with Crippen LogP contribution in [0.3, 0.4) is 0 Å². The molecule has 2 amide bonds. The lowest BCUT2D eigenvalue weighted by Crippen LogP contribution is -2.18. The Balaban J connectivity index is 1.39. The summed E-state index contributed by atoms with van der Waals surface area (Å²) in [6, 6.07) is 23.4. The molecule has 0 aliphatic carbocycles. The zero-order valence-corrected chi connectivity index (χ0v) is 23.8. The molecule has 4 aromatic carbocycles. The van der Waals surface area contributed by atoms with Crippen LogP contribution in [0, 0.1) is 10.1 Å². The Bertz CT molecular complexity index is 1720. The van der Waals surface area contributed by atoms with Gasteiger partial charge in [0, 0.05) is 39.5 Å². The molecule has 4 rings (SSSR count). The van der Waals surface area contributed by atoms with Gasteiger partial charge in [-0.1, -0.05) is 45.7 Å². The van der Waals surface area contributed by atoms with Crippen LogP contribution in [-0.2, 0) is 4.79 Å². The summed E-state index contributed by atoms with van der Waals surface area (Å²) in [5.41, 5.74) is 4.23. The summed E-state index contributed by atoms with van der Waals surface area (Å²) in [5, 5.41) is 17.8. The highest BCUT2D eigenvalue weighted by Gasteiger charge is 2.12. The van der Waals surface area contributed by atoms with Crippen LogP contribution in [0.1, 0.15) is 31.8 Å². The Hall–Kier alpha value is -5.13. The number of ether oxygens (including phenoxy) is 1. The van der Waals surface area contributed by atoms with Gasteiger partial charge in [0.15, 0.2) is 0 Å². The molecule has 0 saturated carbocycles. The van der Waals surface area contributed by atoms with Crippen molar-refractivity contribution in [1.29, 1.82) is 0 Å². The van der Waals surface area contributed by atoms with E-state index in [-0.39, 0.29) is 17.0 Å². The van der Waals surface area contributed by atoms with Gasteiger partial charge in [0.1, 0.15) is 5.75 Å². The number of hydrazone groups is 1. The lowest BCUT2D eigenvalue weighted by atomic mass is 10.1. The van der Waals surface area contributed by atoms with E-state index in [2.05, 4.69) is 31.8 Å². The molecule has 0 aliphatic heterocycles. The number of anilines is 1. The fraction of sp³-hybridized carbons (Fsp3) is 0. The third-order valence-electron chi connectivity index (χ3n) is 5.57. The number of carbonyl (C=O) groups is 3. The second-order valence-corrected chi connectivity index (χ2v) is 9.82. The molecular weight excluding hydrogens is 628 g/mol. The maximum absolute atomic E-state index is 12.7. The number of carbonyl (C=O) groups excluding carboxylic acids is 3. The van der Waals surface area contributed by atoms with Gasteiger partial charge in [-0.2, -0.15) is 5.10 Å². The highest BCUT2D eigenvalue weighted by molar-refractivity contribution is 9.10. The van der Waals surface area contributed by atoms with Crippen LogP contribution in [0.25, 0.3) is 6.08 Å². The first-order chi connectivity index (χ1) is 20.2. The Kier molecular flexibility index (Phi) is 9.93. The number of rotatable bonds is 9. The van der Waals surface area contributed by atoms with Crippen molar-refractivity contribution in [3.8, 4) is 5.75 Å². The van der Waals surface area contributed by atoms with Crippen LogP contribution >= 0.6 is 27.5 Å². The summed E-state index contributed by atoms with van der Waals surface area (Å²) in [4.78, 5) is 47.9. The average Bonchev–Trinajstić information content (AvgIpc) is 2.98. The number of nitrogens with one attached hydrogen (secondary N) is 2. The summed E-state index contributed by atoms with van der Waals surface area (Å²) in [5.74, 6) is -1.47. The summed E-state index contributed by atoms with van der Waals surface area (Å²) >= 11 is 9.44. The number of nitro groups is 1. The van der Waals surface area contributed by atoms with E-state index in [4.69, 9.17) is 16.3 Å². The van der Waals surface area contributed by atoms with Gasteiger partial charge in [-0.15, -0.1) is 0 Å². The lowest BCUT2D eigenvalue weighted by Gasteiger charge is -2.08. The van der Waals surface area contributed by atoms with Crippen molar-refractivity contribution in [2.75, 3.05) is 5.32 Å². The Morgan fingerprint density at radius 1 is 0.929 bits per heavy atom. The fourth-order valence-corrected chi connectivity index (χ4v) is 4.13. The Morgan fingerprint density at radius 3 is 2.43 bits per heavy atom. The van der Waals surface area contributed by atoms with Crippen LogP contribution in [0.2, 0.25) is 5.02 Å². The molecule has 42 heavy (non-hydrogen) atoms. The van der Waals surface area contributed by atoms with Crippen LogP contribution in [0.4, 0.5) is 11.4 Å². The predicted octanol–water partition coefficient (Wildman–Crippen LogP) is 6.65. The minimum Gasteiger partial charge on any atom is -0.423 e. The van der Waals surface area contributed by atoms with Crippen molar-refractivity contribution >= 4 is 69.0 Å². The molecule has 2 N–H and O–H groups in total. The Labute approximate surface area is 252 Å². The first kappa shape index (κ1) is 29.8. The van der Waals surface area contributed by atoms with Gasteiger partial charge < -0.3 is 10.1 Å². The van der Waals surface area contributed by atoms with Gasteiger partial charge in [-0.3, -0.25) is 19.7 Å². The smallest absolute Gasteiger partial charge is 0.336 e. The maximum Gasteiger partial charge on any atom is 0.336 e. The molecule has 10 nitrogen and oxygen atoms in total. The molecule has 0 unspecified atom stereocenters. The number of esters is 1. The van der Waals surface area contributed by atoms with Crippen molar-refractivity contribution < 1.29 is 24.0 Å². The summed E-state index contributed by atoms with van der Waals surface area (Å²) in [6.07, 6.45) is 3.96. The van der Waals surface area contributed by atoms with Crippen LogP contribution in [-0.4, -0.2) is 28.9 Å². The van der Waals surface area contributed by atoms with E-state index in [0.717, 1.165) is 0 Å². The molecule has 12 heteroatoms. The van der Waals surface area contributed by atoms with E-state index in [1.165, 1.54) is 48.7 Å². The SMILES string of the molecule is O=C(/C=C/c1ccc([N+](=O)[O-])cc1)Oc1ccc(Br)cc1C=NNC(=O)c1cccc(NC(=O)c2ccccc2Cl)c1. The van der Waals surface area contributed by atoms with Gasteiger partial charge in [0.2, 0.25) is 0 Å². The molecular formula is C30H20BrClN4O6. The number of nitrogens with zero attached hydrogens (tertiary/aromatic N) is 2. The Morgan fingerprint density at radius 2 is 1.69 bits per heavy atom. The molecule has 210 valence electrons. The minimum absolute atomic E-state index is 0.0616. The van der Waals surface area contributed by atoms with E-state index in [1.807, 2.05) is 0 Å². The molecule has 0 aromatic heterocycles. The van der Waals surface area contributed by atoms with Crippen molar-refractivity contribution in [2.24, 2.45) is 5.10 Å². The molecule has 0 saturated heterocycles. The first-order valence-corrected chi connectivity index (χ1v) is 13.3. The molecule has 0 bridgehead atoms. The van der Waals surface area contributed by atoms with E-state index in [9.17, 15) is 24.5 Å². The number of amides is 2. The van der Waals surface area contributed by atoms with E-state index in [0.29, 0.717) is 31.9 Å². The van der Waals surface area contributed by atoms with E-state index in [1.54, 1.807) is 60.7 Å². The molecule has 4 aromatic rings. The molecule has 0 radical (unpaired) electrons. The third kappa shape index (κ3) is 8.19. The van der Waals surface area contributed by atoms with Gasteiger partial charge >= 0.3 is 5.97 Å². The average molecular weight is 648 g/mol. The standard InChI is InChI=1S/C30H20BrClN4O6/c31-22-11-14-27(42-28(37)15-10-19-8-12-24(13-9-19)36(40)41)21(16-22)18-33-35-29(38)20-4-3-5-23(17-20)34-30(39)25-6-1-2-7-26(25)32/h1-18H,(H,34,39)(H,35,38)/b15-10+,33-18?. The number of non-ortho nitro benzene ring substituents is 1. The van der Waals surface area contributed by atoms with Crippen LogP contribution in [0.5, 0.6) is 5.75 Å². The van der Waals surface area contributed by atoms with Crippen molar-refractivity contribution in [2.45, 2.75) is 0 Å². The second-order valence-electron chi connectivity index (χ2n) is 8.50. The molecule has 0 aliphatic rings. The number of halogens is 2. The number of hydrogen-bond donors (Lipinski definition) is 2. The quantitative estimate of drug-likeness (QED) is 0.0521. The fourth-order valence-electron chi connectivity index (χ4n) is 3.53. The van der Waals surface area contributed by atoms with Crippen LogP contribution < -0.4 is 15.5 Å². The zero-order chi connectivity index (χ0) is 30.1. The van der Waals surface area contributed by atoms with Gasteiger partial charge in [0.25, 0.3) is 17.5 Å². The van der Waals surface area contributed by atoms with Gasteiger partial charge in [0.05, 0.1) is 21.7 Å². The predicted molar refractivity (Wildman–Crippen MR) is 163 cm³/mol. The summed E-state index contributed by atoms with van der Waals surface area (Å²) in [7, 11) is 0. The number of hydrogen-bond acceptors (Lipinski definition) is 7. The topological polar surface area (TPSA) is 140 Å².